The molecule has 3 heteroatoms. The van der Waals surface area contributed by atoms with E-state index in [4.69, 9.17) is 0 Å². The molecule has 86 valence electrons. The van der Waals surface area contributed by atoms with Crippen molar-refractivity contribution < 1.29 is 0 Å². The molecule has 0 unspecified atom stereocenters. The van der Waals surface area contributed by atoms with Crippen LogP contribution >= 0.6 is 15.9 Å². The minimum absolute atomic E-state index is 0.454. The third-order valence-corrected chi connectivity index (χ3v) is 3.61. The number of benzene rings is 1. The molecule has 1 N–H and O–H groups in total. The maximum Gasteiger partial charge on any atom is 0.130 e. The second-order valence-electron chi connectivity index (χ2n) is 4.40. The van der Waals surface area contributed by atoms with Crippen molar-refractivity contribution >= 4 is 32.7 Å². The van der Waals surface area contributed by atoms with E-state index in [0.29, 0.717) is 6.04 Å². The minimum Gasteiger partial charge on any atom is -0.366 e. The fraction of sp³-hybridized carbons (Fsp3) is 0.214. The Balaban J connectivity index is 2.05. The Morgan fingerprint density at radius 3 is 3.18 bits per heavy atom. The number of rotatable bonds is 2. The zero-order chi connectivity index (χ0) is 11.8. The van der Waals surface area contributed by atoms with E-state index >= 15 is 0 Å². The van der Waals surface area contributed by atoms with E-state index in [1.54, 1.807) is 0 Å². The molecule has 0 radical (unpaired) electrons. The smallest absolute Gasteiger partial charge is 0.130 e. The van der Waals surface area contributed by atoms with Crippen LogP contribution in [0.15, 0.2) is 41.4 Å². The highest BCUT2D eigenvalue weighted by Crippen LogP contribution is 2.29. The molecule has 17 heavy (non-hydrogen) atoms. The van der Waals surface area contributed by atoms with Crippen molar-refractivity contribution in [3.63, 3.8) is 0 Å². The predicted octanol–water partition coefficient (Wildman–Crippen LogP) is 3.91. The van der Waals surface area contributed by atoms with Gasteiger partial charge in [0.15, 0.2) is 0 Å². The average Bonchev–Trinajstić information content (AvgIpc) is 2.67. The lowest BCUT2D eigenvalue weighted by molar-refractivity contribution is 0.765. The van der Waals surface area contributed by atoms with Crippen molar-refractivity contribution in [2.75, 3.05) is 5.32 Å². The zero-order valence-electron chi connectivity index (χ0n) is 9.41. The van der Waals surface area contributed by atoms with Gasteiger partial charge < -0.3 is 5.32 Å². The molecule has 0 amide bonds. The second kappa shape index (κ2) is 4.15. The maximum absolute atomic E-state index is 4.67. The number of anilines is 1. The monoisotopic (exact) mass is 288 g/mol. The molecule has 0 saturated heterocycles. The molecule has 1 aliphatic heterocycles. The molecular formula is C14H13BrN2. The molecule has 2 aromatic rings. The molecule has 2 nitrogen and oxygen atoms in total. The van der Waals surface area contributed by atoms with Crippen LogP contribution in [0.4, 0.5) is 5.82 Å². The quantitative estimate of drug-likeness (QED) is 0.848. The molecule has 1 atom stereocenters. The zero-order valence-corrected chi connectivity index (χ0v) is 11.0. The second-order valence-corrected chi connectivity index (χ2v) is 5.32. The Bertz CT molecular complexity index is 592. The van der Waals surface area contributed by atoms with Crippen molar-refractivity contribution in [3.8, 4) is 0 Å². The van der Waals surface area contributed by atoms with Crippen LogP contribution in [0.2, 0.25) is 0 Å². The summed E-state index contributed by atoms with van der Waals surface area (Å²) in [6, 6.07) is 8.90. The third kappa shape index (κ3) is 1.95. The fourth-order valence-corrected chi connectivity index (χ4v) is 2.67. The van der Waals surface area contributed by atoms with Gasteiger partial charge in [0.05, 0.1) is 5.52 Å². The van der Waals surface area contributed by atoms with E-state index in [1.165, 1.54) is 10.9 Å². The molecule has 0 fully saturated rings. The summed E-state index contributed by atoms with van der Waals surface area (Å²) in [4.78, 5) is 4.67. The van der Waals surface area contributed by atoms with E-state index in [1.807, 2.05) is 6.08 Å². The van der Waals surface area contributed by atoms with Gasteiger partial charge in [0.1, 0.15) is 5.82 Å². The Morgan fingerprint density at radius 2 is 2.35 bits per heavy atom. The lowest BCUT2D eigenvalue weighted by Gasteiger charge is -2.06. The van der Waals surface area contributed by atoms with E-state index in [2.05, 4.69) is 57.1 Å². The molecule has 0 aliphatic carbocycles. The van der Waals surface area contributed by atoms with Crippen molar-refractivity contribution in [1.29, 1.82) is 0 Å². The first-order chi connectivity index (χ1) is 8.26. The van der Waals surface area contributed by atoms with Gasteiger partial charge in [-0.2, -0.15) is 0 Å². The first-order valence-electron chi connectivity index (χ1n) is 5.73. The molecule has 0 spiro atoms. The summed E-state index contributed by atoms with van der Waals surface area (Å²) in [6.07, 6.45) is 3.98. The maximum atomic E-state index is 4.67. The Morgan fingerprint density at radius 1 is 1.47 bits per heavy atom. The van der Waals surface area contributed by atoms with E-state index < -0.39 is 0 Å². The third-order valence-electron chi connectivity index (χ3n) is 3.12. The summed E-state index contributed by atoms with van der Waals surface area (Å²) in [5, 5.41) is 4.65. The molecule has 2 heterocycles. The van der Waals surface area contributed by atoms with E-state index in [0.717, 1.165) is 28.6 Å². The van der Waals surface area contributed by atoms with Crippen LogP contribution in [0, 0.1) is 0 Å². The van der Waals surface area contributed by atoms with Crippen LogP contribution in [-0.2, 0) is 6.42 Å². The summed E-state index contributed by atoms with van der Waals surface area (Å²) in [6.45, 7) is 3.79. The number of pyridine rings is 1. The number of hydrogen-bond acceptors (Lipinski definition) is 2. The predicted molar refractivity (Wildman–Crippen MR) is 75.4 cm³/mol. The van der Waals surface area contributed by atoms with Gasteiger partial charge in [0.2, 0.25) is 0 Å². The molecule has 0 bridgehead atoms. The average molecular weight is 289 g/mol. The number of nitrogens with zero attached hydrogens (tertiary/aromatic N) is 1. The standard InChI is InChI=1S/C14H13BrN2/c1-2-3-12-7-10-6-9-4-5-11(15)8-13(9)17-14(10)16-12/h2,4-6,8,12H,1,3,7H2,(H,16,17)/t12-/m1/s1. The first-order valence-corrected chi connectivity index (χ1v) is 6.52. The normalized spacial score (nSPS) is 17.8. The molecule has 0 saturated carbocycles. The van der Waals surface area contributed by atoms with Gasteiger partial charge in [-0.1, -0.05) is 28.1 Å². The van der Waals surface area contributed by atoms with Crippen molar-refractivity contribution in [1.82, 2.24) is 4.98 Å². The van der Waals surface area contributed by atoms with Gasteiger partial charge in [-0.25, -0.2) is 4.98 Å². The molecule has 3 rings (SSSR count). The number of hydrogen-bond donors (Lipinski definition) is 1. The summed E-state index contributed by atoms with van der Waals surface area (Å²) in [5.74, 6) is 1.03. The summed E-state index contributed by atoms with van der Waals surface area (Å²) in [7, 11) is 0. The van der Waals surface area contributed by atoms with Crippen LogP contribution in [0.3, 0.4) is 0 Å². The number of halogens is 1. The first kappa shape index (κ1) is 10.8. The van der Waals surface area contributed by atoms with Gasteiger partial charge in [0, 0.05) is 15.9 Å². The van der Waals surface area contributed by atoms with Gasteiger partial charge in [0.25, 0.3) is 0 Å². The fourth-order valence-electron chi connectivity index (χ4n) is 2.32. The van der Waals surface area contributed by atoms with E-state index in [-0.39, 0.29) is 0 Å². The number of aromatic nitrogens is 1. The van der Waals surface area contributed by atoms with Crippen LogP contribution < -0.4 is 5.32 Å². The number of nitrogens with one attached hydrogen (secondary N) is 1. The van der Waals surface area contributed by atoms with Crippen LogP contribution in [0.25, 0.3) is 10.9 Å². The largest absolute Gasteiger partial charge is 0.366 e. The SMILES string of the molecule is C=CC[C@@H]1Cc2cc3ccc(Br)cc3nc2N1. The van der Waals surface area contributed by atoms with Crippen LogP contribution in [0.1, 0.15) is 12.0 Å². The van der Waals surface area contributed by atoms with Gasteiger partial charge in [-0.05, 0) is 36.6 Å². The van der Waals surface area contributed by atoms with Gasteiger partial charge >= 0.3 is 0 Å². The molecule has 1 aliphatic rings. The van der Waals surface area contributed by atoms with Gasteiger partial charge in [-0.15, -0.1) is 6.58 Å². The van der Waals surface area contributed by atoms with Crippen LogP contribution in [-0.4, -0.2) is 11.0 Å². The lowest BCUT2D eigenvalue weighted by Crippen LogP contribution is -2.13. The van der Waals surface area contributed by atoms with Crippen molar-refractivity contribution in [3.05, 3.63) is 47.0 Å². The molecule has 1 aromatic heterocycles. The Labute approximate surface area is 109 Å². The summed E-state index contributed by atoms with van der Waals surface area (Å²) in [5.41, 5.74) is 2.34. The van der Waals surface area contributed by atoms with Crippen molar-refractivity contribution in [2.45, 2.75) is 18.9 Å². The van der Waals surface area contributed by atoms with Gasteiger partial charge in [-0.3, -0.25) is 0 Å². The van der Waals surface area contributed by atoms with Crippen molar-refractivity contribution in [2.24, 2.45) is 0 Å². The highest BCUT2D eigenvalue weighted by molar-refractivity contribution is 9.10. The summed E-state index contributed by atoms with van der Waals surface area (Å²) >= 11 is 3.48. The highest BCUT2D eigenvalue weighted by Gasteiger charge is 2.21. The molecule has 1 aromatic carbocycles. The van der Waals surface area contributed by atoms with E-state index in [9.17, 15) is 0 Å². The Kier molecular flexibility index (Phi) is 2.63. The van der Waals surface area contributed by atoms with Crippen LogP contribution in [0.5, 0.6) is 0 Å². The highest BCUT2D eigenvalue weighted by atomic mass is 79.9. The lowest BCUT2D eigenvalue weighted by atomic mass is 10.1. The Hall–Kier alpha value is -1.35. The minimum atomic E-state index is 0.454. The summed E-state index contributed by atoms with van der Waals surface area (Å²) < 4.78 is 1.07. The molecular weight excluding hydrogens is 276 g/mol. The topological polar surface area (TPSA) is 24.9 Å². The number of fused-ring (bicyclic) bond motifs is 2.